The second-order valence-electron chi connectivity index (χ2n) is 6.72. The average molecular weight is 472 g/mol. The van der Waals surface area contributed by atoms with Gasteiger partial charge < -0.3 is 5.32 Å². The van der Waals surface area contributed by atoms with Gasteiger partial charge in [-0.1, -0.05) is 29.4 Å². The van der Waals surface area contributed by atoms with Gasteiger partial charge in [-0.25, -0.2) is 8.78 Å². The van der Waals surface area contributed by atoms with Gasteiger partial charge in [-0.05, 0) is 48.9 Å². The molecule has 32 heavy (non-hydrogen) atoms. The van der Waals surface area contributed by atoms with E-state index in [2.05, 4.69) is 20.5 Å². The molecule has 0 aliphatic carbocycles. The first-order valence-corrected chi connectivity index (χ1v) is 10.8. The number of anilines is 1. The molecular formula is C22H16ClF2N5OS. The quantitative estimate of drug-likeness (QED) is 0.386. The fourth-order valence-corrected chi connectivity index (χ4v) is 3.93. The van der Waals surface area contributed by atoms with Crippen LogP contribution in [0.15, 0.2) is 66.1 Å². The average Bonchev–Trinajstić information content (AvgIpc) is 3.21. The number of pyridine rings is 1. The number of amides is 1. The lowest BCUT2D eigenvalue weighted by Gasteiger charge is -2.14. The van der Waals surface area contributed by atoms with Crippen LogP contribution in [0.4, 0.5) is 14.5 Å². The summed E-state index contributed by atoms with van der Waals surface area (Å²) in [5, 5.41) is 11.9. The van der Waals surface area contributed by atoms with Crippen molar-refractivity contribution in [2.75, 3.05) is 11.1 Å². The van der Waals surface area contributed by atoms with Crippen LogP contribution in [0.25, 0.3) is 17.1 Å². The van der Waals surface area contributed by atoms with Crippen LogP contribution in [0.5, 0.6) is 0 Å². The van der Waals surface area contributed by atoms with Crippen LogP contribution >= 0.6 is 23.4 Å². The van der Waals surface area contributed by atoms with Gasteiger partial charge in [0.2, 0.25) is 5.91 Å². The molecule has 1 amide bonds. The number of nitrogens with zero attached hydrogens (tertiary/aromatic N) is 4. The van der Waals surface area contributed by atoms with Gasteiger partial charge in [0.15, 0.2) is 11.0 Å². The molecule has 0 radical (unpaired) electrons. The van der Waals surface area contributed by atoms with E-state index in [1.165, 1.54) is 0 Å². The molecule has 0 saturated heterocycles. The predicted octanol–water partition coefficient (Wildman–Crippen LogP) is 5.30. The largest absolute Gasteiger partial charge is 0.323 e. The van der Waals surface area contributed by atoms with Gasteiger partial charge >= 0.3 is 0 Å². The van der Waals surface area contributed by atoms with Crippen LogP contribution in [0.3, 0.4) is 0 Å². The zero-order valence-electron chi connectivity index (χ0n) is 16.7. The van der Waals surface area contributed by atoms with Crippen LogP contribution in [0.1, 0.15) is 5.56 Å². The normalized spacial score (nSPS) is 10.9. The molecule has 4 rings (SSSR count). The summed E-state index contributed by atoms with van der Waals surface area (Å²) in [5.74, 6) is -1.42. The second-order valence-corrected chi connectivity index (χ2v) is 8.07. The number of hydrogen-bond donors (Lipinski definition) is 1. The summed E-state index contributed by atoms with van der Waals surface area (Å²) in [6.07, 6.45) is 3.29. The highest BCUT2D eigenvalue weighted by Crippen LogP contribution is 2.31. The topological polar surface area (TPSA) is 72.7 Å². The van der Waals surface area contributed by atoms with Crippen LogP contribution in [0, 0.1) is 18.6 Å². The van der Waals surface area contributed by atoms with Crippen molar-refractivity contribution < 1.29 is 13.6 Å². The molecule has 0 fully saturated rings. The van der Waals surface area contributed by atoms with Gasteiger partial charge in [0.1, 0.15) is 11.6 Å². The van der Waals surface area contributed by atoms with E-state index in [1.54, 1.807) is 35.2 Å². The second kappa shape index (κ2) is 9.46. The van der Waals surface area contributed by atoms with E-state index in [4.69, 9.17) is 11.6 Å². The standard InChI is InChI=1S/C22H16ClF2N5OS/c1-13-16(23)3-2-4-19(13)30-21(14-7-9-26-10-8-14)28-29-22(30)32-12-20(31)27-18-11-15(24)5-6-17(18)25/h2-11H,12H2,1H3,(H,27,31). The summed E-state index contributed by atoms with van der Waals surface area (Å²) in [5.41, 5.74) is 2.14. The van der Waals surface area contributed by atoms with Gasteiger partial charge in [-0.15, -0.1) is 10.2 Å². The minimum absolute atomic E-state index is 0.0932. The van der Waals surface area contributed by atoms with Crippen molar-refractivity contribution in [3.05, 3.63) is 83.1 Å². The lowest BCUT2D eigenvalue weighted by Crippen LogP contribution is -2.16. The molecule has 0 saturated carbocycles. The van der Waals surface area contributed by atoms with Gasteiger partial charge in [-0.2, -0.15) is 0 Å². The summed E-state index contributed by atoms with van der Waals surface area (Å²) < 4.78 is 29.0. The molecule has 2 aromatic heterocycles. The number of halogens is 3. The highest BCUT2D eigenvalue weighted by molar-refractivity contribution is 7.99. The fraction of sp³-hybridized carbons (Fsp3) is 0.0909. The number of carbonyl (C=O) groups excluding carboxylic acids is 1. The molecule has 6 nitrogen and oxygen atoms in total. The first-order valence-electron chi connectivity index (χ1n) is 9.43. The van der Waals surface area contributed by atoms with E-state index in [0.717, 1.165) is 46.8 Å². The van der Waals surface area contributed by atoms with E-state index in [9.17, 15) is 13.6 Å². The van der Waals surface area contributed by atoms with Crippen molar-refractivity contribution in [3.63, 3.8) is 0 Å². The zero-order valence-corrected chi connectivity index (χ0v) is 18.3. The molecule has 0 spiro atoms. The van der Waals surface area contributed by atoms with Crippen molar-refractivity contribution in [2.24, 2.45) is 0 Å². The third-order valence-corrected chi connectivity index (χ3v) is 5.93. The maximum atomic E-state index is 13.8. The number of nitrogens with one attached hydrogen (secondary N) is 1. The highest BCUT2D eigenvalue weighted by Gasteiger charge is 2.19. The molecule has 0 aliphatic heterocycles. The Bertz CT molecular complexity index is 1280. The molecular weight excluding hydrogens is 456 g/mol. The van der Waals surface area contributed by atoms with Gasteiger partial charge in [0.05, 0.1) is 17.1 Å². The predicted molar refractivity (Wildman–Crippen MR) is 120 cm³/mol. The van der Waals surface area contributed by atoms with Crippen LogP contribution < -0.4 is 5.32 Å². The first kappa shape index (κ1) is 21.9. The Kier molecular flexibility index (Phi) is 6.48. The molecule has 0 aliphatic rings. The van der Waals surface area contributed by atoms with E-state index < -0.39 is 17.5 Å². The lowest BCUT2D eigenvalue weighted by molar-refractivity contribution is -0.113. The third kappa shape index (κ3) is 4.63. The monoisotopic (exact) mass is 471 g/mol. The molecule has 0 bridgehead atoms. The maximum Gasteiger partial charge on any atom is 0.234 e. The first-order chi connectivity index (χ1) is 15.4. The van der Waals surface area contributed by atoms with E-state index in [-0.39, 0.29) is 11.4 Å². The SMILES string of the molecule is Cc1c(Cl)cccc1-n1c(SCC(=O)Nc2cc(F)ccc2F)nnc1-c1ccncc1. The molecule has 4 aromatic rings. The van der Waals surface area contributed by atoms with E-state index in [0.29, 0.717) is 16.0 Å². The summed E-state index contributed by atoms with van der Waals surface area (Å²) in [7, 11) is 0. The van der Waals surface area contributed by atoms with Crippen molar-refractivity contribution in [3.8, 4) is 17.1 Å². The molecule has 162 valence electrons. The molecule has 1 N–H and O–H groups in total. The van der Waals surface area contributed by atoms with Crippen molar-refractivity contribution in [1.82, 2.24) is 19.7 Å². The summed E-state index contributed by atoms with van der Waals surface area (Å²) in [6.45, 7) is 1.88. The van der Waals surface area contributed by atoms with Crippen molar-refractivity contribution in [1.29, 1.82) is 0 Å². The van der Waals surface area contributed by atoms with Gasteiger partial charge in [0, 0.05) is 29.0 Å². The molecule has 0 atom stereocenters. The maximum absolute atomic E-state index is 13.8. The van der Waals surface area contributed by atoms with Gasteiger partial charge in [0.25, 0.3) is 0 Å². The zero-order chi connectivity index (χ0) is 22.7. The summed E-state index contributed by atoms with van der Waals surface area (Å²) in [6, 6.07) is 11.9. The van der Waals surface area contributed by atoms with E-state index in [1.807, 2.05) is 19.1 Å². The Morgan fingerprint density at radius 1 is 1.12 bits per heavy atom. The minimum atomic E-state index is -0.720. The molecule has 2 heterocycles. The number of carbonyl (C=O) groups is 1. The Labute approximate surface area is 191 Å². The van der Waals surface area contributed by atoms with Crippen LogP contribution in [-0.2, 0) is 4.79 Å². The number of aromatic nitrogens is 4. The smallest absolute Gasteiger partial charge is 0.234 e. The van der Waals surface area contributed by atoms with Crippen LogP contribution in [-0.4, -0.2) is 31.4 Å². The van der Waals surface area contributed by atoms with Gasteiger partial charge in [-0.3, -0.25) is 14.3 Å². The minimum Gasteiger partial charge on any atom is -0.323 e. The number of hydrogen-bond acceptors (Lipinski definition) is 5. The Morgan fingerprint density at radius 3 is 2.69 bits per heavy atom. The number of rotatable bonds is 6. The van der Waals surface area contributed by atoms with Crippen LogP contribution in [0.2, 0.25) is 5.02 Å². The lowest BCUT2D eigenvalue weighted by atomic mass is 10.2. The third-order valence-electron chi connectivity index (χ3n) is 4.59. The van der Waals surface area contributed by atoms with E-state index >= 15 is 0 Å². The number of benzene rings is 2. The summed E-state index contributed by atoms with van der Waals surface area (Å²) >= 11 is 7.44. The van der Waals surface area contributed by atoms with Crippen molar-refractivity contribution >= 4 is 35.0 Å². The molecule has 10 heteroatoms. The van der Waals surface area contributed by atoms with Crippen molar-refractivity contribution in [2.45, 2.75) is 12.1 Å². The number of thioether (sulfide) groups is 1. The molecule has 2 aromatic carbocycles. The Hall–Kier alpha value is -3.30. The molecule has 0 unspecified atom stereocenters. The summed E-state index contributed by atoms with van der Waals surface area (Å²) in [4.78, 5) is 16.4. The Morgan fingerprint density at radius 2 is 1.91 bits per heavy atom. The Balaban J connectivity index is 1.64. The highest BCUT2D eigenvalue weighted by atomic mass is 35.5. The fourth-order valence-electron chi connectivity index (χ4n) is 3.02.